The van der Waals surface area contributed by atoms with E-state index in [0.717, 1.165) is 38.5 Å². The Morgan fingerprint density at radius 2 is 0.812 bits per heavy atom. The number of carbonyl (C=O) groups excluding carboxylic acids is 1. The lowest BCUT2D eigenvalue weighted by molar-refractivity contribution is -0.302. The van der Waals surface area contributed by atoms with Crippen LogP contribution in [0.5, 0.6) is 0 Å². The molecule has 69 heavy (non-hydrogen) atoms. The van der Waals surface area contributed by atoms with E-state index in [-0.39, 0.29) is 12.5 Å². The molecule has 7 atom stereocenters. The van der Waals surface area contributed by atoms with Crippen molar-refractivity contribution in [3.8, 4) is 0 Å². The van der Waals surface area contributed by atoms with Crippen molar-refractivity contribution < 1.29 is 39.8 Å². The Bertz CT molecular complexity index is 1090. The molecule has 7 unspecified atom stereocenters. The standard InChI is InChI=1S/C60H117NO8/c1-3-5-7-9-11-13-15-17-19-21-22-23-24-25-26-27-28-29-30-31-32-34-36-38-40-42-44-46-48-50-56(64)61-53(52-68-60-59(67)58(66)57(65)55(51-62)69-60)54(63)49-47-45-43-41-39-37-35-33-20-18-16-14-12-10-8-6-4-2/h25-26,53-55,57-60,62-63,65-67H,3-24,27-52H2,1-2H3,(H,61,64)/b26-25-. The number of hydrogen-bond acceptors (Lipinski definition) is 8. The van der Waals surface area contributed by atoms with Gasteiger partial charge in [-0.3, -0.25) is 4.79 Å². The minimum atomic E-state index is -1.55. The molecule has 1 heterocycles. The number of allylic oxidation sites excluding steroid dienone is 2. The van der Waals surface area contributed by atoms with Crippen LogP contribution in [0.1, 0.15) is 309 Å². The molecule has 1 saturated heterocycles. The van der Waals surface area contributed by atoms with Crippen LogP contribution in [0.3, 0.4) is 0 Å². The van der Waals surface area contributed by atoms with Gasteiger partial charge in [-0.25, -0.2) is 0 Å². The first kappa shape index (κ1) is 65.9. The van der Waals surface area contributed by atoms with Crippen molar-refractivity contribution >= 4 is 5.91 Å². The Morgan fingerprint density at radius 1 is 0.478 bits per heavy atom. The molecule has 1 rings (SSSR count). The van der Waals surface area contributed by atoms with E-state index in [1.165, 1.54) is 244 Å². The van der Waals surface area contributed by atoms with Gasteiger partial charge in [0.25, 0.3) is 0 Å². The third kappa shape index (κ3) is 40.1. The first-order chi connectivity index (χ1) is 33.8. The number of carbonyl (C=O) groups is 1. The summed E-state index contributed by atoms with van der Waals surface area (Å²) in [5, 5.41) is 54.7. The van der Waals surface area contributed by atoms with Crippen LogP contribution in [-0.2, 0) is 14.3 Å². The van der Waals surface area contributed by atoms with Gasteiger partial charge in [-0.1, -0.05) is 276 Å². The van der Waals surface area contributed by atoms with Gasteiger partial charge in [0.15, 0.2) is 6.29 Å². The maximum Gasteiger partial charge on any atom is 0.220 e. The number of unbranched alkanes of at least 4 members (excludes halogenated alkanes) is 41. The monoisotopic (exact) mass is 980 g/mol. The van der Waals surface area contributed by atoms with E-state index >= 15 is 0 Å². The van der Waals surface area contributed by atoms with Crippen molar-refractivity contribution in [1.29, 1.82) is 0 Å². The Kier molecular flexibility index (Phi) is 48.2. The Labute approximate surface area is 426 Å². The third-order valence-electron chi connectivity index (χ3n) is 14.9. The molecule has 0 bridgehead atoms. The number of hydrogen-bond donors (Lipinski definition) is 6. The van der Waals surface area contributed by atoms with Crippen LogP contribution >= 0.6 is 0 Å². The summed E-state index contributed by atoms with van der Waals surface area (Å²) >= 11 is 0. The zero-order valence-electron chi connectivity index (χ0n) is 45.6. The molecule has 0 spiro atoms. The fourth-order valence-electron chi connectivity index (χ4n) is 10.0. The van der Waals surface area contributed by atoms with Crippen LogP contribution in [0.15, 0.2) is 12.2 Å². The fourth-order valence-corrected chi connectivity index (χ4v) is 10.0. The SMILES string of the molecule is CCCCCCCCCCCCCC/C=C\CCCCCCCCCCCCCCCC(=O)NC(COC1OC(CO)C(O)C(O)C1O)C(O)CCCCCCCCCCCCCCCCCCC. The summed E-state index contributed by atoms with van der Waals surface area (Å²) in [5.74, 6) is -0.139. The third-order valence-corrected chi connectivity index (χ3v) is 14.9. The number of rotatable bonds is 53. The first-order valence-corrected chi connectivity index (χ1v) is 30.4. The highest BCUT2D eigenvalue weighted by Gasteiger charge is 2.44. The molecule has 6 N–H and O–H groups in total. The average Bonchev–Trinajstić information content (AvgIpc) is 3.35. The minimum Gasteiger partial charge on any atom is -0.394 e. The summed E-state index contributed by atoms with van der Waals surface area (Å²) in [5.41, 5.74) is 0. The van der Waals surface area contributed by atoms with Crippen molar-refractivity contribution in [2.75, 3.05) is 13.2 Å². The second kappa shape index (κ2) is 50.5. The highest BCUT2D eigenvalue weighted by Crippen LogP contribution is 2.23. The zero-order valence-corrected chi connectivity index (χ0v) is 45.6. The maximum atomic E-state index is 13.1. The Hall–Kier alpha value is -1.07. The van der Waals surface area contributed by atoms with E-state index < -0.39 is 49.5 Å². The molecule has 0 saturated carbocycles. The molecule has 0 aromatic heterocycles. The lowest BCUT2D eigenvalue weighted by Crippen LogP contribution is -2.60. The van der Waals surface area contributed by atoms with Gasteiger partial charge >= 0.3 is 0 Å². The van der Waals surface area contributed by atoms with Crippen molar-refractivity contribution in [3.05, 3.63) is 12.2 Å². The molecule has 0 aromatic rings. The van der Waals surface area contributed by atoms with Crippen LogP contribution in [0, 0.1) is 0 Å². The van der Waals surface area contributed by atoms with Crippen LogP contribution in [0.25, 0.3) is 0 Å². The average molecular weight is 981 g/mol. The minimum absolute atomic E-state index is 0.133. The van der Waals surface area contributed by atoms with E-state index in [9.17, 15) is 30.3 Å². The van der Waals surface area contributed by atoms with Crippen LogP contribution < -0.4 is 5.32 Å². The Morgan fingerprint density at radius 3 is 1.17 bits per heavy atom. The van der Waals surface area contributed by atoms with Crippen LogP contribution in [0.4, 0.5) is 0 Å². The summed E-state index contributed by atoms with van der Waals surface area (Å²) in [4.78, 5) is 13.1. The lowest BCUT2D eigenvalue weighted by atomic mass is 9.99. The molecule has 1 aliphatic rings. The van der Waals surface area contributed by atoms with E-state index in [2.05, 4.69) is 31.3 Å². The number of aliphatic hydroxyl groups excluding tert-OH is 5. The molecule has 9 heteroatoms. The quantitative estimate of drug-likeness (QED) is 0.0261. The summed E-state index contributed by atoms with van der Waals surface area (Å²) < 4.78 is 11.3. The molecule has 1 amide bonds. The molecule has 1 aliphatic heterocycles. The molecular formula is C60H117NO8. The van der Waals surface area contributed by atoms with Gasteiger partial charge in [-0.15, -0.1) is 0 Å². The molecular weight excluding hydrogens is 863 g/mol. The smallest absolute Gasteiger partial charge is 0.220 e. The summed E-state index contributed by atoms with van der Waals surface area (Å²) in [6.45, 7) is 3.88. The Balaban J connectivity index is 2.14. The van der Waals surface area contributed by atoms with Gasteiger partial charge < -0.3 is 40.3 Å². The van der Waals surface area contributed by atoms with Gasteiger partial charge in [0, 0.05) is 6.42 Å². The molecule has 9 nitrogen and oxygen atoms in total. The molecule has 410 valence electrons. The van der Waals surface area contributed by atoms with Crippen molar-refractivity contribution in [1.82, 2.24) is 5.32 Å². The highest BCUT2D eigenvalue weighted by atomic mass is 16.7. The van der Waals surface area contributed by atoms with Crippen molar-refractivity contribution in [2.45, 2.75) is 352 Å². The molecule has 0 aliphatic carbocycles. The largest absolute Gasteiger partial charge is 0.394 e. The van der Waals surface area contributed by atoms with Gasteiger partial charge in [-0.2, -0.15) is 0 Å². The number of amides is 1. The lowest BCUT2D eigenvalue weighted by Gasteiger charge is -2.40. The first-order valence-electron chi connectivity index (χ1n) is 30.4. The van der Waals surface area contributed by atoms with Crippen LogP contribution in [-0.4, -0.2) is 87.5 Å². The molecule has 1 fully saturated rings. The van der Waals surface area contributed by atoms with Gasteiger partial charge in [0.1, 0.15) is 24.4 Å². The number of ether oxygens (including phenoxy) is 2. The van der Waals surface area contributed by atoms with Gasteiger partial charge in [0.05, 0.1) is 25.4 Å². The van der Waals surface area contributed by atoms with E-state index in [1.54, 1.807) is 0 Å². The topological polar surface area (TPSA) is 149 Å². The summed E-state index contributed by atoms with van der Waals surface area (Å²) in [7, 11) is 0. The number of aliphatic hydroxyl groups is 5. The van der Waals surface area contributed by atoms with E-state index in [1.807, 2.05) is 0 Å². The predicted octanol–water partition coefficient (Wildman–Crippen LogP) is 15.2. The van der Waals surface area contributed by atoms with Crippen molar-refractivity contribution in [3.63, 3.8) is 0 Å². The molecule has 0 aromatic carbocycles. The number of nitrogens with one attached hydrogen (secondary N) is 1. The van der Waals surface area contributed by atoms with Gasteiger partial charge in [-0.05, 0) is 38.5 Å². The zero-order chi connectivity index (χ0) is 50.1. The second-order valence-electron chi connectivity index (χ2n) is 21.5. The molecule has 0 radical (unpaired) electrons. The highest BCUT2D eigenvalue weighted by molar-refractivity contribution is 5.76. The van der Waals surface area contributed by atoms with Gasteiger partial charge in [0.2, 0.25) is 5.91 Å². The summed E-state index contributed by atoms with van der Waals surface area (Å²) in [6.07, 6.45) is 55.4. The predicted molar refractivity (Wildman–Crippen MR) is 291 cm³/mol. The van der Waals surface area contributed by atoms with Crippen LogP contribution in [0.2, 0.25) is 0 Å². The van der Waals surface area contributed by atoms with E-state index in [0.29, 0.717) is 12.8 Å². The van der Waals surface area contributed by atoms with Crippen molar-refractivity contribution in [2.24, 2.45) is 0 Å². The second-order valence-corrected chi connectivity index (χ2v) is 21.5. The van der Waals surface area contributed by atoms with E-state index in [4.69, 9.17) is 9.47 Å². The maximum absolute atomic E-state index is 13.1. The fraction of sp³-hybridized carbons (Fsp3) is 0.950. The normalized spacial score (nSPS) is 19.4. The summed E-state index contributed by atoms with van der Waals surface area (Å²) in [6, 6.07) is -0.716.